The molecule has 3 heteroatoms. The molecule has 0 unspecified atom stereocenters. The van der Waals surface area contributed by atoms with E-state index in [1.807, 2.05) is 6.08 Å². The van der Waals surface area contributed by atoms with Crippen LogP contribution in [0, 0.1) is 0 Å². The summed E-state index contributed by atoms with van der Waals surface area (Å²) in [4.78, 5) is 11.7. The molecule has 1 saturated heterocycles. The number of nitrogens with one attached hydrogen (secondary N) is 2. The quantitative estimate of drug-likeness (QED) is 0.539. The maximum atomic E-state index is 11.7. The zero-order valence-electron chi connectivity index (χ0n) is 15.1. The predicted octanol–water partition coefficient (Wildman–Crippen LogP) is 4.76. The summed E-state index contributed by atoms with van der Waals surface area (Å²) in [6.45, 7) is 2.83. The van der Waals surface area contributed by atoms with Crippen molar-refractivity contribution in [2.24, 2.45) is 0 Å². The van der Waals surface area contributed by atoms with Crippen molar-refractivity contribution < 1.29 is 4.79 Å². The highest BCUT2D eigenvalue weighted by Crippen LogP contribution is 2.24. The van der Waals surface area contributed by atoms with Crippen LogP contribution in [0.1, 0.15) is 56.6 Å². The van der Waals surface area contributed by atoms with Crippen LogP contribution in [0.5, 0.6) is 0 Å². The highest BCUT2D eigenvalue weighted by Gasteiger charge is 2.15. The van der Waals surface area contributed by atoms with Crippen LogP contribution in [0.25, 0.3) is 16.8 Å². The molecule has 1 fully saturated rings. The Morgan fingerprint density at radius 2 is 1.88 bits per heavy atom. The van der Waals surface area contributed by atoms with E-state index in [1.54, 1.807) is 0 Å². The van der Waals surface area contributed by atoms with Crippen LogP contribution < -0.4 is 10.9 Å². The van der Waals surface area contributed by atoms with E-state index in [0.717, 1.165) is 17.6 Å². The first-order chi connectivity index (χ1) is 12.3. The Kier molecular flexibility index (Phi) is 6.24. The summed E-state index contributed by atoms with van der Waals surface area (Å²) in [5.41, 5.74) is 8.80. The monoisotopic (exact) mass is 336 g/mol. The minimum atomic E-state index is -0.0308. The number of carbonyl (C=O) groups is 1. The molecule has 0 saturated carbocycles. The summed E-state index contributed by atoms with van der Waals surface area (Å²) >= 11 is 0. The fraction of sp³-hybridized carbons (Fsp3) is 0.409. The molecule has 0 radical (unpaired) electrons. The van der Waals surface area contributed by atoms with Crippen molar-refractivity contribution in [1.82, 2.24) is 10.9 Å². The summed E-state index contributed by atoms with van der Waals surface area (Å²) in [6.07, 6.45) is 11.1. The second-order valence-corrected chi connectivity index (χ2v) is 6.90. The molecule has 1 heterocycles. The number of aryl methyl sites for hydroxylation is 1. The van der Waals surface area contributed by atoms with Crippen molar-refractivity contribution in [2.75, 3.05) is 6.54 Å². The van der Waals surface area contributed by atoms with Gasteiger partial charge in [0.1, 0.15) is 0 Å². The van der Waals surface area contributed by atoms with Gasteiger partial charge in [0.25, 0.3) is 5.91 Å². The molecular formula is C22H28N2O. The van der Waals surface area contributed by atoms with Crippen LogP contribution >= 0.6 is 0 Å². The van der Waals surface area contributed by atoms with Crippen LogP contribution in [0.15, 0.2) is 42.0 Å². The van der Waals surface area contributed by atoms with Crippen molar-refractivity contribution in [3.8, 4) is 0 Å². The van der Waals surface area contributed by atoms with Crippen LogP contribution in [0.3, 0.4) is 0 Å². The number of rotatable bonds is 8. The van der Waals surface area contributed by atoms with E-state index in [2.05, 4.69) is 54.2 Å². The second-order valence-electron chi connectivity index (χ2n) is 6.90. The number of hydrazine groups is 1. The number of hydrogen-bond donors (Lipinski definition) is 2. The summed E-state index contributed by atoms with van der Waals surface area (Å²) in [7, 11) is 0. The lowest BCUT2D eigenvalue weighted by atomic mass is 9.98. The second kappa shape index (κ2) is 8.82. The van der Waals surface area contributed by atoms with E-state index < -0.39 is 0 Å². The van der Waals surface area contributed by atoms with Gasteiger partial charge in [-0.05, 0) is 40.8 Å². The third-order valence-electron chi connectivity index (χ3n) is 4.90. The third kappa shape index (κ3) is 4.70. The van der Waals surface area contributed by atoms with Gasteiger partial charge in [-0.25, -0.2) is 5.43 Å². The number of carbonyl (C=O) groups excluding carboxylic acids is 1. The van der Waals surface area contributed by atoms with E-state index in [9.17, 15) is 4.79 Å². The fourth-order valence-electron chi connectivity index (χ4n) is 3.43. The Morgan fingerprint density at radius 3 is 2.68 bits per heavy atom. The summed E-state index contributed by atoms with van der Waals surface area (Å²) in [5, 5.41) is 2.46. The molecule has 1 aliphatic rings. The van der Waals surface area contributed by atoms with E-state index >= 15 is 0 Å². The molecule has 1 aliphatic heterocycles. The van der Waals surface area contributed by atoms with Crippen LogP contribution in [-0.4, -0.2) is 12.5 Å². The molecule has 0 spiro atoms. The first-order valence-electron chi connectivity index (χ1n) is 9.53. The molecule has 1 amide bonds. The molecule has 2 aromatic carbocycles. The lowest BCUT2D eigenvalue weighted by Gasteiger charge is -2.07. The topological polar surface area (TPSA) is 41.1 Å². The van der Waals surface area contributed by atoms with Gasteiger partial charge in [-0.1, -0.05) is 75.4 Å². The summed E-state index contributed by atoms with van der Waals surface area (Å²) < 4.78 is 0. The summed E-state index contributed by atoms with van der Waals surface area (Å²) in [5.74, 6) is -0.0308. The molecule has 2 aromatic rings. The van der Waals surface area contributed by atoms with Gasteiger partial charge in [-0.3, -0.25) is 10.2 Å². The molecule has 25 heavy (non-hydrogen) atoms. The minimum absolute atomic E-state index is 0.0308. The molecule has 0 atom stereocenters. The van der Waals surface area contributed by atoms with Crippen LogP contribution in [-0.2, 0) is 11.2 Å². The number of hydrogen-bond acceptors (Lipinski definition) is 2. The number of fused-ring (bicyclic) bond motifs is 1. The smallest absolute Gasteiger partial charge is 0.262 e. The van der Waals surface area contributed by atoms with Gasteiger partial charge < -0.3 is 0 Å². The molecule has 0 bridgehead atoms. The van der Waals surface area contributed by atoms with Crippen LogP contribution in [0.2, 0.25) is 0 Å². The van der Waals surface area contributed by atoms with Gasteiger partial charge in [0.2, 0.25) is 0 Å². The first-order valence-corrected chi connectivity index (χ1v) is 9.53. The third-order valence-corrected chi connectivity index (χ3v) is 4.90. The van der Waals surface area contributed by atoms with Gasteiger partial charge in [0.05, 0.1) is 0 Å². The number of unbranched alkanes of at least 4 members (excludes halogenated alkanes) is 5. The lowest BCUT2D eigenvalue weighted by molar-refractivity contribution is -0.116. The van der Waals surface area contributed by atoms with Crippen molar-refractivity contribution in [3.05, 3.63) is 53.1 Å². The normalized spacial score (nSPS) is 15.9. The van der Waals surface area contributed by atoms with Gasteiger partial charge >= 0.3 is 0 Å². The number of amides is 1. The van der Waals surface area contributed by atoms with Gasteiger partial charge in [0, 0.05) is 12.1 Å². The van der Waals surface area contributed by atoms with E-state index in [0.29, 0.717) is 6.54 Å². The van der Waals surface area contributed by atoms with Crippen LogP contribution in [0.4, 0.5) is 0 Å². The molecular weight excluding hydrogens is 308 g/mol. The minimum Gasteiger partial charge on any atom is -0.287 e. The molecule has 3 rings (SSSR count). The highest BCUT2D eigenvalue weighted by molar-refractivity contribution is 6.02. The Hall–Kier alpha value is -2.13. The van der Waals surface area contributed by atoms with Crippen molar-refractivity contribution >= 4 is 22.8 Å². The maximum absolute atomic E-state index is 11.7. The Bertz CT molecular complexity index is 764. The van der Waals surface area contributed by atoms with Gasteiger partial charge in [-0.15, -0.1) is 0 Å². The Balaban J connectivity index is 1.68. The SMILES string of the molecule is CCCCCCCCc1ccc2c(/C=C3\CNNC3=O)cccc2c1. The Morgan fingerprint density at radius 1 is 1.04 bits per heavy atom. The average molecular weight is 336 g/mol. The first kappa shape index (κ1) is 17.7. The average Bonchev–Trinajstić information content (AvgIpc) is 3.03. The molecule has 132 valence electrons. The maximum Gasteiger partial charge on any atom is 0.262 e. The van der Waals surface area contributed by atoms with Gasteiger partial charge in [-0.2, -0.15) is 0 Å². The summed E-state index contributed by atoms with van der Waals surface area (Å²) in [6, 6.07) is 13.1. The van der Waals surface area contributed by atoms with Gasteiger partial charge in [0.15, 0.2) is 0 Å². The van der Waals surface area contributed by atoms with Crippen molar-refractivity contribution in [2.45, 2.75) is 51.9 Å². The van der Waals surface area contributed by atoms with Crippen molar-refractivity contribution in [1.29, 1.82) is 0 Å². The van der Waals surface area contributed by atoms with E-state index in [4.69, 9.17) is 0 Å². The number of benzene rings is 2. The van der Waals surface area contributed by atoms with E-state index in [-0.39, 0.29) is 5.91 Å². The predicted molar refractivity (Wildman–Crippen MR) is 105 cm³/mol. The van der Waals surface area contributed by atoms with E-state index in [1.165, 1.54) is 54.9 Å². The Labute approximate surface area is 150 Å². The van der Waals surface area contributed by atoms with Crippen molar-refractivity contribution in [3.63, 3.8) is 0 Å². The molecule has 2 N–H and O–H groups in total. The fourth-order valence-corrected chi connectivity index (χ4v) is 3.43. The zero-order valence-corrected chi connectivity index (χ0v) is 15.1. The molecule has 0 aliphatic carbocycles. The lowest BCUT2D eigenvalue weighted by Crippen LogP contribution is -2.25. The standard InChI is InChI=1S/C22H28N2O/c1-2-3-4-5-6-7-9-17-12-13-21-18(14-17)10-8-11-19(21)15-20-16-23-24-22(20)25/h8,10-15,23H,2-7,9,16H2,1H3,(H,24,25)/b20-15+. The molecule has 3 nitrogen and oxygen atoms in total. The zero-order chi connectivity index (χ0) is 17.5. The molecule has 0 aromatic heterocycles. The highest BCUT2D eigenvalue weighted by atomic mass is 16.2. The largest absolute Gasteiger partial charge is 0.287 e.